The van der Waals surface area contributed by atoms with E-state index in [9.17, 15) is 4.79 Å². The number of hydrogen-bond acceptors (Lipinski definition) is 3. The minimum Gasteiger partial charge on any atom is -0.370 e. The molecular weight excluding hydrogens is 226 g/mol. The molecule has 1 amide bonds. The lowest BCUT2D eigenvalue weighted by Crippen LogP contribution is -2.53. The molecule has 1 aromatic carbocycles. The SMILES string of the molecule is Cc1cccc(C)c1N1CCNCC1CC(N)=O. The summed E-state index contributed by atoms with van der Waals surface area (Å²) in [6.45, 7) is 6.92. The van der Waals surface area contributed by atoms with E-state index in [0.29, 0.717) is 6.42 Å². The van der Waals surface area contributed by atoms with Crippen LogP contribution < -0.4 is 16.0 Å². The van der Waals surface area contributed by atoms with Crippen LogP contribution in [0.1, 0.15) is 17.5 Å². The van der Waals surface area contributed by atoms with Gasteiger partial charge in [0.05, 0.1) is 6.04 Å². The molecule has 0 spiro atoms. The number of rotatable bonds is 3. The molecule has 0 aromatic heterocycles. The first kappa shape index (κ1) is 12.9. The molecule has 1 fully saturated rings. The van der Waals surface area contributed by atoms with Gasteiger partial charge in [-0.2, -0.15) is 0 Å². The molecule has 4 heteroatoms. The summed E-state index contributed by atoms with van der Waals surface area (Å²) in [7, 11) is 0. The number of benzene rings is 1. The van der Waals surface area contributed by atoms with E-state index in [0.717, 1.165) is 19.6 Å². The Bertz CT molecular complexity index is 424. The van der Waals surface area contributed by atoms with Gasteiger partial charge in [-0.15, -0.1) is 0 Å². The van der Waals surface area contributed by atoms with E-state index in [1.165, 1.54) is 16.8 Å². The quantitative estimate of drug-likeness (QED) is 0.836. The van der Waals surface area contributed by atoms with Crippen molar-refractivity contribution in [2.75, 3.05) is 24.5 Å². The predicted molar refractivity (Wildman–Crippen MR) is 73.7 cm³/mol. The number of nitrogens with zero attached hydrogens (tertiary/aromatic N) is 1. The Kier molecular flexibility index (Phi) is 3.87. The van der Waals surface area contributed by atoms with Gasteiger partial charge in [-0.25, -0.2) is 0 Å². The summed E-state index contributed by atoms with van der Waals surface area (Å²) >= 11 is 0. The van der Waals surface area contributed by atoms with Crippen LogP contribution in [0.15, 0.2) is 18.2 Å². The number of carbonyl (C=O) groups is 1. The van der Waals surface area contributed by atoms with Crippen molar-refractivity contribution >= 4 is 11.6 Å². The molecule has 2 rings (SSSR count). The largest absolute Gasteiger partial charge is 0.370 e. The second kappa shape index (κ2) is 5.40. The third-order valence-electron chi connectivity index (χ3n) is 3.51. The number of anilines is 1. The van der Waals surface area contributed by atoms with Gasteiger partial charge in [0.1, 0.15) is 0 Å². The molecule has 0 aliphatic carbocycles. The normalized spacial score (nSPS) is 19.9. The number of amides is 1. The smallest absolute Gasteiger partial charge is 0.219 e. The second-order valence-electron chi connectivity index (χ2n) is 4.96. The maximum absolute atomic E-state index is 11.2. The van der Waals surface area contributed by atoms with Crippen molar-refractivity contribution in [2.24, 2.45) is 5.73 Å². The summed E-state index contributed by atoms with van der Waals surface area (Å²) in [5, 5.41) is 3.33. The third-order valence-corrected chi connectivity index (χ3v) is 3.51. The van der Waals surface area contributed by atoms with Gasteiger partial charge in [-0.1, -0.05) is 18.2 Å². The van der Waals surface area contributed by atoms with Crippen LogP contribution in [0.5, 0.6) is 0 Å². The average Bonchev–Trinajstić information content (AvgIpc) is 2.30. The molecule has 4 nitrogen and oxygen atoms in total. The molecule has 1 heterocycles. The number of aryl methyl sites for hydroxylation is 2. The van der Waals surface area contributed by atoms with Crippen LogP contribution in [-0.4, -0.2) is 31.6 Å². The van der Waals surface area contributed by atoms with E-state index in [1.807, 2.05) is 0 Å². The Morgan fingerprint density at radius 3 is 2.72 bits per heavy atom. The molecule has 1 aliphatic rings. The highest BCUT2D eigenvalue weighted by Gasteiger charge is 2.25. The van der Waals surface area contributed by atoms with E-state index in [2.05, 4.69) is 42.3 Å². The third kappa shape index (κ3) is 2.64. The molecule has 1 unspecified atom stereocenters. The molecule has 1 saturated heterocycles. The molecule has 3 N–H and O–H groups in total. The minimum atomic E-state index is -0.236. The van der Waals surface area contributed by atoms with Gasteiger partial charge >= 0.3 is 0 Å². The molecule has 0 radical (unpaired) electrons. The molecule has 1 aromatic rings. The van der Waals surface area contributed by atoms with Gasteiger partial charge in [0.2, 0.25) is 5.91 Å². The lowest BCUT2D eigenvalue weighted by Gasteiger charge is -2.39. The van der Waals surface area contributed by atoms with E-state index in [1.54, 1.807) is 0 Å². The van der Waals surface area contributed by atoms with Gasteiger partial charge < -0.3 is 16.0 Å². The van der Waals surface area contributed by atoms with E-state index in [-0.39, 0.29) is 11.9 Å². The number of primary amides is 1. The van der Waals surface area contributed by atoms with Crippen molar-refractivity contribution in [3.05, 3.63) is 29.3 Å². The van der Waals surface area contributed by atoms with Gasteiger partial charge in [-0.05, 0) is 25.0 Å². The lowest BCUT2D eigenvalue weighted by molar-refractivity contribution is -0.118. The van der Waals surface area contributed by atoms with E-state index < -0.39 is 0 Å². The standard InChI is InChI=1S/C14H21N3O/c1-10-4-3-5-11(2)14(10)17-7-6-16-9-12(17)8-13(15)18/h3-5,12,16H,6-9H2,1-2H3,(H2,15,18). The zero-order valence-corrected chi connectivity index (χ0v) is 11.1. The summed E-state index contributed by atoms with van der Waals surface area (Å²) < 4.78 is 0. The highest BCUT2D eigenvalue weighted by molar-refractivity contribution is 5.75. The van der Waals surface area contributed by atoms with Crippen LogP contribution in [0.4, 0.5) is 5.69 Å². The summed E-state index contributed by atoms with van der Waals surface area (Å²) in [4.78, 5) is 13.5. The van der Waals surface area contributed by atoms with Crippen molar-refractivity contribution in [1.82, 2.24) is 5.32 Å². The molecule has 0 bridgehead atoms. The maximum Gasteiger partial charge on any atom is 0.219 e. The molecule has 0 saturated carbocycles. The maximum atomic E-state index is 11.2. The van der Waals surface area contributed by atoms with Crippen LogP contribution in [0, 0.1) is 13.8 Å². The van der Waals surface area contributed by atoms with Crippen LogP contribution in [-0.2, 0) is 4.79 Å². The number of nitrogens with one attached hydrogen (secondary N) is 1. The lowest BCUT2D eigenvalue weighted by atomic mass is 10.0. The highest BCUT2D eigenvalue weighted by atomic mass is 16.1. The predicted octanol–water partition coefficient (Wildman–Crippen LogP) is 0.957. The van der Waals surface area contributed by atoms with Crippen molar-refractivity contribution in [1.29, 1.82) is 0 Å². The number of para-hydroxylation sites is 1. The van der Waals surface area contributed by atoms with Gasteiger partial charge in [0, 0.05) is 31.7 Å². The number of hydrogen-bond donors (Lipinski definition) is 2. The van der Waals surface area contributed by atoms with Gasteiger partial charge in [-0.3, -0.25) is 4.79 Å². The van der Waals surface area contributed by atoms with Crippen molar-refractivity contribution in [2.45, 2.75) is 26.3 Å². The summed E-state index contributed by atoms with van der Waals surface area (Å²) in [5.74, 6) is -0.236. The first-order valence-corrected chi connectivity index (χ1v) is 6.41. The second-order valence-corrected chi connectivity index (χ2v) is 4.96. The number of carbonyl (C=O) groups excluding carboxylic acids is 1. The van der Waals surface area contributed by atoms with Crippen LogP contribution in [0.3, 0.4) is 0 Å². The minimum absolute atomic E-state index is 0.163. The highest BCUT2D eigenvalue weighted by Crippen LogP contribution is 2.27. The average molecular weight is 247 g/mol. The Morgan fingerprint density at radius 1 is 1.44 bits per heavy atom. The van der Waals surface area contributed by atoms with Gasteiger partial charge in [0.25, 0.3) is 0 Å². The van der Waals surface area contributed by atoms with Gasteiger partial charge in [0.15, 0.2) is 0 Å². The van der Waals surface area contributed by atoms with E-state index >= 15 is 0 Å². The molecule has 1 atom stereocenters. The fourth-order valence-electron chi connectivity index (χ4n) is 2.73. The first-order chi connectivity index (χ1) is 8.59. The van der Waals surface area contributed by atoms with Crippen molar-refractivity contribution in [3.63, 3.8) is 0 Å². The zero-order chi connectivity index (χ0) is 13.1. The summed E-state index contributed by atoms with van der Waals surface area (Å²) in [6, 6.07) is 6.47. The molecular formula is C14H21N3O. The van der Waals surface area contributed by atoms with Crippen LogP contribution >= 0.6 is 0 Å². The number of nitrogens with two attached hydrogens (primary N) is 1. The molecule has 1 aliphatic heterocycles. The zero-order valence-electron chi connectivity index (χ0n) is 11.1. The molecule has 98 valence electrons. The fourth-order valence-corrected chi connectivity index (χ4v) is 2.73. The number of piperazine rings is 1. The fraction of sp³-hybridized carbons (Fsp3) is 0.500. The summed E-state index contributed by atoms with van der Waals surface area (Å²) in [6.07, 6.45) is 0.404. The Balaban J connectivity index is 2.30. The summed E-state index contributed by atoms with van der Waals surface area (Å²) in [5.41, 5.74) is 9.11. The van der Waals surface area contributed by atoms with Crippen LogP contribution in [0.25, 0.3) is 0 Å². The Hall–Kier alpha value is -1.55. The molecule has 18 heavy (non-hydrogen) atoms. The van der Waals surface area contributed by atoms with E-state index in [4.69, 9.17) is 5.73 Å². The van der Waals surface area contributed by atoms with Crippen molar-refractivity contribution < 1.29 is 4.79 Å². The topological polar surface area (TPSA) is 58.4 Å². The van der Waals surface area contributed by atoms with Crippen LogP contribution in [0.2, 0.25) is 0 Å². The Labute approximate surface area is 108 Å². The van der Waals surface area contributed by atoms with Crippen molar-refractivity contribution in [3.8, 4) is 0 Å². The monoisotopic (exact) mass is 247 g/mol. The first-order valence-electron chi connectivity index (χ1n) is 6.41. The Morgan fingerprint density at radius 2 is 2.11 bits per heavy atom.